The normalized spacial score (nSPS) is 11.2. The van der Waals surface area contributed by atoms with Crippen molar-refractivity contribution in [3.63, 3.8) is 0 Å². The van der Waals surface area contributed by atoms with Crippen molar-refractivity contribution < 1.29 is 24.2 Å². The Morgan fingerprint density at radius 1 is 0.969 bits per heavy atom. The monoisotopic (exact) mass is 438 g/mol. The number of carboxylic acid groups (broad SMARTS) is 1. The Balaban J connectivity index is 2.08. The van der Waals surface area contributed by atoms with Crippen LogP contribution in [0.5, 0.6) is 5.75 Å². The van der Waals surface area contributed by atoms with Crippen molar-refractivity contribution in [1.82, 2.24) is 10.6 Å². The van der Waals surface area contributed by atoms with Gasteiger partial charge in [0.05, 0.1) is 6.10 Å². The van der Waals surface area contributed by atoms with E-state index in [9.17, 15) is 14.4 Å². The molecule has 0 saturated carbocycles. The number of aliphatic carboxylic acids is 1. The van der Waals surface area contributed by atoms with E-state index in [-0.39, 0.29) is 24.1 Å². The summed E-state index contributed by atoms with van der Waals surface area (Å²) in [6.07, 6.45) is 3.68. The zero-order valence-electron chi connectivity index (χ0n) is 18.5. The highest BCUT2D eigenvalue weighted by Gasteiger charge is 2.14. The van der Waals surface area contributed by atoms with Crippen molar-refractivity contribution in [3.05, 3.63) is 71.4 Å². The fourth-order valence-electron chi connectivity index (χ4n) is 2.90. The molecule has 0 aliphatic carbocycles. The molecule has 0 fully saturated rings. The first-order chi connectivity index (χ1) is 15.3. The highest BCUT2D eigenvalue weighted by atomic mass is 16.5. The van der Waals surface area contributed by atoms with E-state index >= 15 is 0 Å². The summed E-state index contributed by atoms with van der Waals surface area (Å²) in [6, 6.07) is 15.9. The molecular weight excluding hydrogens is 408 g/mol. The lowest BCUT2D eigenvalue weighted by Crippen LogP contribution is -2.35. The van der Waals surface area contributed by atoms with Gasteiger partial charge in [-0.15, -0.1) is 0 Å². The van der Waals surface area contributed by atoms with Gasteiger partial charge in [0.2, 0.25) is 0 Å². The van der Waals surface area contributed by atoms with Crippen LogP contribution in [0.1, 0.15) is 55.5 Å². The molecule has 0 aromatic heterocycles. The Hall–Kier alpha value is -3.61. The van der Waals surface area contributed by atoms with Crippen molar-refractivity contribution in [3.8, 4) is 5.75 Å². The van der Waals surface area contributed by atoms with Crippen LogP contribution in [0.3, 0.4) is 0 Å². The van der Waals surface area contributed by atoms with Crippen LogP contribution >= 0.6 is 0 Å². The molecule has 7 heteroatoms. The maximum absolute atomic E-state index is 12.8. The summed E-state index contributed by atoms with van der Waals surface area (Å²) in [5, 5.41) is 14.2. The fourth-order valence-corrected chi connectivity index (χ4v) is 2.90. The van der Waals surface area contributed by atoms with Crippen LogP contribution in [0.2, 0.25) is 0 Å². The summed E-state index contributed by atoms with van der Waals surface area (Å²) < 4.78 is 5.64. The molecule has 32 heavy (non-hydrogen) atoms. The molecule has 0 heterocycles. The van der Waals surface area contributed by atoms with Crippen LogP contribution in [0.4, 0.5) is 0 Å². The summed E-state index contributed by atoms with van der Waals surface area (Å²) in [5.41, 5.74) is 1.31. The molecule has 0 saturated heterocycles. The van der Waals surface area contributed by atoms with Crippen LogP contribution in [-0.2, 0) is 9.59 Å². The molecule has 0 bridgehead atoms. The fraction of sp³-hybridized carbons (Fsp3) is 0.320. The van der Waals surface area contributed by atoms with Crippen LogP contribution in [0.25, 0.3) is 6.08 Å². The van der Waals surface area contributed by atoms with Crippen molar-refractivity contribution in [1.29, 1.82) is 0 Å². The number of benzene rings is 2. The van der Waals surface area contributed by atoms with E-state index in [2.05, 4.69) is 10.6 Å². The standard InChI is InChI=1S/C25H30N2O5/c1-18(2)32-21-14-12-19(13-15-21)17-22(27-24(30)20-9-5-3-6-10-20)25(31)26-16-8-4-7-11-23(28)29/h3,5-6,9-10,12-15,17-18H,4,7-8,11,16H2,1-2H3,(H,26,31)(H,27,30)(H,28,29)/b22-17-. The van der Waals surface area contributed by atoms with Gasteiger partial charge >= 0.3 is 5.97 Å². The molecule has 7 nitrogen and oxygen atoms in total. The van der Waals surface area contributed by atoms with Gasteiger partial charge in [0.25, 0.3) is 11.8 Å². The first-order valence-electron chi connectivity index (χ1n) is 10.7. The highest BCUT2D eigenvalue weighted by molar-refractivity contribution is 6.05. The van der Waals surface area contributed by atoms with Gasteiger partial charge in [-0.1, -0.05) is 36.8 Å². The van der Waals surface area contributed by atoms with Crippen LogP contribution < -0.4 is 15.4 Å². The van der Waals surface area contributed by atoms with E-state index in [1.807, 2.05) is 44.2 Å². The van der Waals surface area contributed by atoms with Gasteiger partial charge in [-0.05, 0) is 62.6 Å². The van der Waals surface area contributed by atoms with Gasteiger partial charge in [0, 0.05) is 18.5 Å². The third-order valence-electron chi connectivity index (χ3n) is 4.44. The van der Waals surface area contributed by atoms with Gasteiger partial charge < -0.3 is 20.5 Å². The quantitative estimate of drug-likeness (QED) is 0.343. The minimum Gasteiger partial charge on any atom is -0.491 e. The predicted octanol–water partition coefficient (Wildman–Crippen LogP) is 4.01. The maximum atomic E-state index is 12.8. The lowest BCUT2D eigenvalue weighted by molar-refractivity contribution is -0.137. The van der Waals surface area contributed by atoms with Gasteiger partial charge in [-0.3, -0.25) is 14.4 Å². The SMILES string of the molecule is CC(C)Oc1ccc(/C=C(\NC(=O)c2ccccc2)C(=O)NCCCCCC(=O)O)cc1. The van der Waals surface area contributed by atoms with Crippen molar-refractivity contribution in [2.24, 2.45) is 0 Å². The molecule has 2 rings (SSSR count). The second kappa shape index (κ2) is 12.9. The molecule has 0 unspecified atom stereocenters. The summed E-state index contributed by atoms with van der Waals surface area (Å²) in [7, 11) is 0. The summed E-state index contributed by atoms with van der Waals surface area (Å²) in [6.45, 7) is 4.27. The van der Waals surface area contributed by atoms with E-state index < -0.39 is 11.9 Å². The molecule has 0 spiro atoms. The molecule has 2 aromatic rings. The zero-order chi connectivity index (χ0) is 23.3. The Labute approximate surface area is 188 Å². The number of hydrogen-bond acceptors (Lipinski definition) is 4. The molecule has 0 radical (unpaired) electrons. The highest BCUT2D eigenvalue weighted by Crippen LogP contribution is 2.16. The smallest absolute Gasteiger partial charge is 0.303 e. The number of nitrogens with one attached hydrogen (secondary N) is 2. The third kappa shape index (κ3) is 9.04. The summed E-state index contributed by atoms with van der Waals surface area (Å²) >= 11 is 0. The molecule has 3 N–H and O–H groups in total. The molecule has 0 atom stereocenters. The van der Waals surface area contributed by atoms with Crippen molar-refractivity contribution >= 4 is 23.9 Å². The average Bonchev–Trinajstić information content (AvgIpc) is 2.76. The van der Waals surface area contributed by atoms with Gasteiger partial charge in [-0.2, -0.15) is 0 Å². The average molecular weight is 439 g/mol. The maximum Gasteiger partial charge on any atom is 0.303 e. The first kappa shape index (κ1) is 24.7. The molecule has 170 valence electrons. The Morgan fingerprint density at radius 3 is 2.28 bits per heavy atom. The van der Waals surface area contributed by atoms with Gasteiger partial charge in [0.15, 0.2) is 0 Å². The Morgan fingerprint density at radius 2 is 1.66 bits per heavy atom. The minimum atomic E-state index is -0.826. The number of ether oxygens (including phenoxy) is 1. The molecule has 0 aliphatic rings. The summed E-state index contributed by atoms with van der Waals surface area (Å²) in [5.74, 6) is -0.895. The second-order valence-corrected chi connectivity index (χ2v) is 7.57. The van der Waals surface area contributed by atoms with E-state index in [1.165, 1.54) is 0 Å². The van der Waals surface area contributed by atoms with Crippen LogP contribution in [0.15, 0.2) is 60.3 Å². The predicted molar refractivity (Wildman–Crippen MR) is 123 cm³/mol. The third-order valence-corrected chi connectivity index (χ3v) is 4.44. The zero-order valence-corrected chi connectivity index (χ0v) is 18.5. The van der Waals surface area contributed by atoms with Crippen LogP contribution in [0, 0.1) is 0 Å². The van der Waals surface area contributed by atoms with Gasteiger partial charge in [-0.25, -0.2) is 0 Å². The van der Waals surface area contributed by atoms with Gasteiger partial charge in [0.1, 0.15) is 11.4 Å². The first-order valence-corrected chi connectivity index (χ1v) is 10.7. The Bertz CT molecular complexity index is 921. The summed E-state index contributed by atoms with van der Waals surface area (Å²) in [4.78, 5) is 35.9. The number of amides is 2. The number of hydrogen-bond donors (Lipinski definition) is 3. The second-order valence-electron chi connectivity index (χ2n) is 7.57. The van der Waals surface area contributed by atoms with Crippen molar-refractivity contribution in [2.75, 3.05) is 6.54 Å². The van der Waals surface area contributed by atoms with E-state index in [4.69, 9.17) is 9.84 Å². The lowest BCUT2D eigenvalue weighted by Gasteiger charge is -2.12. The Kier molecular flexibility index (Phi) is 9.97. The number of carbonyl (C=O) groups excluding carboxylic acids is 2. The number of carboxylic acids is 1. The van der Waals surface area contributed by atoms with E-state index in [1.54, 1.807) is 30.3 Å². The molecular formula is C25H30N2O5. The molecule has 2 aromatic carbocycles. The van der Waals surface area contributed by atoms with Crippen LogP contribution in [-0.4, -0.2) is 35.5 Å². The van der Waals surface area contributed by atoms with E-state index in [0.29, 0.717) is 31.4 Å². The lowest BCUT2D eigenvalue weighted by atomic mass is 10.1. The minimum absolute atomic E-state index is 0.0541. The van der Waals surface area contributed by atoms with E-state index in [0.717, 1.165) is 11.3 Å². The van der Waals surface area contributed by atoms with Crippen molar-refractivity contribution in [2.45, 2.75) is 45.6 Å². The topological polar surface area (TPSA) is 105 Å². The largest absolute Gasteiger partial charge is 0.491 e. The number of rotatable bonds is 12. The number of unbranched alkanes of at least 4 members (excludes halogenated alkanes) is 2. The molecule has 2 amide bonds. The number of carbonyl (C=O) groups is 3. The molecule has 0 aliphatic heterocycles.